The standard InChI is InChI=1S/C22H23N5O/c1-3-27-10-9-17-18(11-23)21(26)22(13-24,14-25)20(19(17)12-27)15-5-7-16(8-6-15)28-4-2/h5-9,18-20,26H,3-4,10,12H2,1-2H3/p+1/t18?,19-,20+/m1/s1. The van der Waals surface area contributed by atoms with E-state index in [0.717, 1.165) is 36.5 Å². The molecule has 28 heavy (non-hydrogen) atoms. The fourth-order valence-electron chi connectivity index (χ4n) is 4.56. The molecule has 1 saturated carbocycles. The van der Waals surface area contributed by atoms with Crippen LogP contribution in [0, 0.1) is 56.7 Å². The largest absolute Gasteiger partial charge is 0.494 e. The molecule has 6 heteroatoms. The number of benzene rings is 1. The van der Waals surface area contributed by atoms with E-state index in [4.69, 9.17) is 10.1 Å². The first-order valence-corrected chi connectivity index (χ1v) is 9.63. The molecule has 142 valence electrons. The monoisotopic (exact) mass is 374 g/mol. The van der Waals surface area contributed by atoms with Crippen LogP contribution in [0.1, 0.15) is 25.3 Å². The predicted octanol–water partition coefficient (Wildman–Crippen LogP) is 1.84. The van der Waals surface area contributed by atoms with Crippen LogP contribution in [0.25, 0.3) is 0 Å². The molecule has 3 rings (SSSR count). The summed E-state index contributed by atoms with van der Waals surface area (Å²) in [5, 5.41) is 38.4. The zero-order valence-electron chi connectivity index (χ0n) is 16.2. The third-order valence-electron chi connectivity index (χ3n) is 6.01. The molecule has 1 heterocycles. The van der Waals surface area contributed by atoms with E-state index in [0.29, 0.717) is 6.61 Å². The van der Waals surface area contributed by atoms with E-state index >= 15 is 0 Å². The summed E-state index contributed by atoms with van der Waals surface area (Å²) in [4.78, 5) is 1.35. The highest BCUT2D eigenvalue weighted by Gasteiger charge is 2.58. The van der Waals surface area contributed by atoms with Crippen LogP contribution in [-0.4, -0.2) is 32.0 Å². The molecule has 1 aliphatic heterocycles. The van der Waals surface area contributed by atoms with Gasteiger partial charge in [0.05, 0.1) is 50.2 Å². The first-order chi connectivity index (χ1) is 13.6. The Bertz CT molecular complexity index is 898. The Morgan fingerprint density at radius 1 is 1.18 bits per heavy atom. The van der Waals surface area contributed by atoms with Gasteiger partial charge in [0.15, 0.2) is 5.41 Å². The molecule has 2 N–H and O–H groups in total. The van der Waals surface area contributed by atoms with E-state index in [9.17, 15) is 15.8 Å². The maximum atomic E-state index is 10.0. The molecule has 0 spiro atoms. The van der Waals surface area contributed by atoms with Crippen molar-refractivity contribution in [3.63, 3.8) is 0 Å². The SMILES string of the molecule is CCOc1ccc([C@H]2[C@@H]3C[NH+](CC)CC=C3C(C#N)C(=N)C2(C#N)C#N)cc1. The molecule has 1 aromatic carbocycles. The normalized spacial score (nSPS) is 28.1. The zero-order valence-corrected chi connectivity index (χ0v) is 16.2. The van der Waals surface area contributed by atoms with E-state index in [1.165, 1.54) is 4.90 Å². The number of rotatable bonds is 4. The van der Waals surface area contributed by atoms with E-state index in [1.807, 2.05) is 31.2 Å². The number of nitrogens with zero attached hydrogens (tertiary/aromatic N) is 3. The molecular weight excluding hydrogens is 350 g/mol. The minimum absolute atomic E-state index is 0.0960. The molecule has 2 unspecified atom stereocenters. The summed E-state index contributed by atoms with van der Waals surface area (Å²) in [6.45, 7) is 7.05. The van der Waals surface area contributed by atoms with Gasteiger partial charge in [0, 0.05) is 11.8 Å². The summed E-state index contributed by atoms with van der Waals surface area (Å²) in [6, 6.07) is 13.9. The fourth-order valence-corrected chi connectivity index (χ4v) is 4.56. The van der Waals surface area contributed by atoms with Crippen molar-refractivity contribution in [2.75, 3.05) is 26.2 Å². The van der Waals surface area contributed by atoms with E-state index in [2.05, 4.69) is 31.2 Å². The third kappa shape index (κ3) is 2.95. The summed E-state index contributed by atoms with van der Waals surface area (Å²) >= 11 is 0. The van der Waals surface area contributed by atoms with Crippen molar-refractivity contribution in [1.29, 1.82) is 21.2 Å². The van der Waals surface area contributed by atoms with Crippen LogP contribution in [0.15, 0.2) is 35.9 Å². The first-order valence-electron chi connectivity index (χ1n) is 9.63. The minimum atomic E-state index is -1.65. The molecule has 4 atom stereocenters. The number of nitriles is 3. The highest BCUT2D eigenvalue weighted by Crippen LogP contribution is 2.52. The van der Waals surface area contributed by atoms with Gasteiger partial charge in [-0.1, -0.05) is 12.1 Å². The zero-order chi connectivity index (χ0) is 20.3. The Hall–Kier alpha value is -3.14. The topological polar surface area (TPSA) is 109 Å². The molecule has 2 aliphatic rings. The lowest BCUT2D eigenvalue weighted by atomic mass is 9.54. The molecule has 0 radical (unpaired) electrons. The van der Waals surface area contributed by atoms with Crippen LogP contribution in [0.3, 0.4) is 0 Å². The van der Waals surface area contributed by atoms with Crippen molar-refractivity contribution in [2.24, 2.45) is 17.3 Å². The summed E-state index contributed by atoms with van der Waals surface area (Å²) < 4.78 is 5.52. The van der Waals surface area contributed by atoms with E-state index in [1.54, 1.807) is 0 Å². The van der Waals surface area contributed by atoms with Crippen molar-refractivity contribution in [1.82, 2.24) is 0 Å². The van der Waals surface area contributed by atoms with Gasteiger partial charge in [-0.3, -0.25) is 0 Å². The first kappa shape index (κ1) is 19.6. The second kappa shape index (κ2) is 7.85. The van der Waals surface area contributed by atoms with Gasteiger partial charge >= 0.3 is 0 Å². The number of hydrogen-bond donors (Lipinski definition) is 2. The van der Waals surface area contributed by atoms with Gasteiger partial charge in [-0.2, -0.15) is 15.8 Å². The molecule has 1 aromatic rings. The molecule has 0 amide bonds. The van der Waals surface area contributed by atoms with Crippen molar-refractivity contribution >= 4 is 5.71 Å². The maximum absolute atomic E-state index is 10.0. The Balaban J connectivity index is 2.17. The second-order valence-electron chi connectivity index (χ2n) is 7.31. The molecule has 1 fully saturated rings. The number of quaternary nitrogens is 1. The molecule has 6 nitrogen and oxygen atoms in total. The van der Waals surface area contributed by atoms with E-state index in [-0.39, 0.29) is 11.6 Å². The maximum Gasteiger partial charge on any atom is 0.189 e. The lowest BCUT2D eigenvalue weighted by Gasteiger charge is -2.46. The van der Waals surface area contributed by atoms with Crippen molar-refractivity contribution in [2.45, 2.75) is 19.8 Å². The average Bonchev–Trinajstić information content (AvgIpc) is 2.73. The van der Waals surface area contributed by atoms with Crippen molar-refractivity contribution in [3.05, 3.63) is 41.5 Å². The number of nitrogens with one attached hydrogen (secondary N) is 2. The molecule has 0 saturated heterocycles. The van der Waals surface area contributed by atoms with Crippen molar-refractivity contribution in [3.8, 4) is 24.0 Å². The predicted molar refractivity (Wildman–Crippen MR) is 104 cm³/mol. The van der Waals surface area contributed by atoms with Gasteiger partial charge in [0.1, 0.15) is 11.7 Å². The van der Waals surface area contributed by atoms with Crippen LogP contribution in [-0.2, 0) is 0 Å². The minimum Gasteiger partial charge on any atom is -0.494 e. The van der Waals surface area contributed by atoms with Gasteiger partial charge in [0.2, 0.25) is 0 Å². The Kier molecular flexibility index (Phi) is 5.50. The van der Waals surface area contributed by atoms with Gasteiger partial charge in [0.25, 0.3) is 0 Å². The summed E-state index contributed by atoms with van der Waals surface area (Å²) in [6.07, 6.45) is 2.05. The second-order valence-corrected chi connectivity index (χ2v) is 7.31. The van der Waals surface area contributed by atoms with Crippen LogP contribution >= 0.6 is 0 Å². The molecular formula is C22H24N5O+. The number of fused-ring (bicyclic) bond motifs is 1. The number of ether oxygens (including phenoxy) is 1. The summed E-state index contributed by atoms with van der Waals surface area (Å²) in [7, 11) is 0. The Morgan fingerprint density at radius 2 is 1.86 bits per heavy atom. The fraction of sp³-hybridized carbons (Fsp3) is 0.455. The number of likely N-dealkylation sites (N-methyl/N-ethyl adjacent to an activating group) is 1. The average molecular weight is 374 g/mol. The lowest BCUT2D eigenvalue weighted by Crippen LogP contribution is -3.13. The Morgan fingerprint density at radius 3 is 2.39 bits per heavy atom. The van der Waals surface area contributed by atoms with Gasteiger partial charge in [-0.15, -0.1) is 0 Å². The van der Waals surface area contributed by atoms with Gasteiger partial charge < -0.3 is 15.0 Å². The van der Waals surface area contributed by atoms with Crippen LogP contribution < -0.4 is 9.64 Å². The lowest BCUT2D eigenvalue weighted by molar-refractivity contribution is -0.897. The summed E-state index contributed by atoms with van der Waals surface area (Å²) in [5.41, 5.74) is -0.0156. The third-order valence-corrected chi connectivity index (χ3v) is 6.01. The van der Waals surface area contributed by atoms with Gasteiger partial charge in [-0.25, -0.2) is 0 Å². The molecule has 1 aliphatic carbocycles. The van der Waals surface area contributed by atoms with Crippen LogP contribution in [0.5, 0.6) is 5.75 Å². The van der Waals surface area contributed by atoms with Crippen LogP contribution in [0.4, 0.5) is 0 Å². The Labute approximate surface area is 165 Å². The van der Waals surface area contributed by atoms with Crippen LogP contribution in [0.2, 0.25) is 0 Å². The molecule has 0 aromatic heterocycles. The quantitative estimate of drug-likeness (QED) is 0.784. The summed E-state index contributed by atoms with van der Waals surface area (Å²) in [5.74, 6) is -0.684. The highest BCUT2D eigenvalue weighted by molar-refractivity contribution is 6.00. The smallest absolute Gasteiger partial charge is 0.189 e. The number of hydrogen-bond acceptors (Lipinski definition) is 5. The van der Waals surface area contributed by atoms with Gasteiger partial charge in [-0.05, 0) is 43.2 Å². The molecule has 0 bridgehead atoms. The van der Waals surface area contributed by atoms with E-state index < -0.39 is 17.3 Å². The van der Waals surface area contributed by atoms with Crippen molar-refractivity contribution < 1.29 is 9.64 Å². The highest BCUT2D eigenvalue weighted by atomic mass is 16.5.